The second kappa shape index (κ2) is 7.47. The highest BCUT2D eigenvalue weighted by atomic mass is 16.5. The van der Waals surface area contributed by atoms with Crippen molar-refractivity contribution in [1.29, 1.82) is 0 Å². The van der Waals surface area contributed by atoms with Crippen molar-refractivity contribution in [2.45, 2.75) is 32.7 Å². The molecule has 26 heavy (non-hydrogen) atoms. The fourth-order valence-electron chi connectivity index (χ4n) is 2.90. The number of hydrogen-bond acceptors (Lipinski definition) is 7. The van der Waals surface area contributed by atoms with Gasteiger partial charge >= 0.3 is 5.97 Å². The number of carbonyl (C=O) groups excluding carboxylic acids is 1. The van der Waals surface area contributed by atoms with Crippen LogP contribution in [-0.4, -0.2) is 43.9 Å². The van der Waals surface area contributed by atoms with Gasteiger partial charge in [0.15, 0.2) is 11.5 Å². The molecule has 8 nitrogen and oxygen atoms in total. The molecule has 0 radical (unpaired) electrons. The molecule has 3 rings (SSSR count). The summed E-state index contributed by atoms with van der Waals surface area (Å²) in [6.07, 6.45) is 3.16. The lowest BCUT2D eigenvalue weighted by Gasteiger charge is -2.17. The molecule has 1 atom stereocenters. The van der Waals surface area contributed by atoms with Crippen LogP contribution in [0.2, 0.25) is 0 Å². The van der Waals surface area contributed by atoms with Crippen molar-refractivity contribution in [1.82, 2.24) is 24.7 Å². The van der Waals surface area contributed by atoms with Gasteiger partial charge in [0, 0.05) is 13.2 Å². The molecule has 0 fully saturated rings. The Morgan fingerprint density at radius 3 is 2.81 bits per heavy atom. The van der Waals surface area contributed by atoms with E-state index in [-0.39, 0.29) is 5.97 Å². The molecule has 0 aliphatic heterocycles. The molecule has 8 heteroatoms. The number of nitrogens with one attached hydrogen (secondary N) is 1. The Morgan fingerprint density at radius 1 is 1.35 bits per heavy atom. The maximum Gasteiger partial charge on any atom is 0.328 e. The number of esters is 1. The van der Waals surface area contributed by atoms with Crippen molar-refractivity contribution >= 4 is 22.8 Å². The Hall–Kier alpha value is -3.03. The first-order valence-corrected chi connectivity index (χ1v) is 8.52. The van der Waals surface area contributed by atoms with Gasteiger partial charge in [-0.3, -0.25) is 9.67 Å². The first-order chi connectivity index (χ1) is 12.5. The Morgan fingerprint density at radius 2 is 2.15 bits per heavy atom. The Kier molecular flexibility index (Phi) is 5.11. The van der Waals surface area contributed by atoms with Gasteiger partial charge in [0.05, 0.1) is 18.2 Å². The summed E-state index contributed by atoms with van der Waals surface area (Å²) < 4.78 is 6.63. The second-order valence-electron chi connectivity index (χ2n) is 6.03. The van der Waals surface area contributed by atoms with Gasteiger partial charge in [0.2, 0.25) is 0 Å². The summed E-state index contributed by atoms with van der Waals surface area (Å²) in [7, 11) is 3.22. The SMILES string of the molecule is CCCC(Nc1nc(-c2ccccn2)nc2c1c(C)nn2C)C(=O)OC. The summed E-state index contributed by atoms with van der Waals surface area (Å²) in [5.74, 6) is 0.716. The van der Waals surface area contributed by atoms with Crippen molar-refractivity contribution in [3.8, 4) is 11.5 Å². The zero-order valence-corrected chi connectivity index (χ0v) is 15.4. The maximum absolute atomic E-state index is 12.1. The molecule has 0 saturated heterocycles. The van der Waals surface area contributed by atoms with E-state index in [1.165, 1.54) is 7.11 Å². The third-order valence-corrected chi connectivity index (χ3v) is 4.13. The van der Waals surface area contributed by atoms with Crippen LogP contribution >= 0.6 is 0 Å². The van der Waals surface area contributed by atoms with E-state index in [9.17, 15) is 4.79 Å². The van der Waals surface area contributed by atoms with Gasteiger partial charge in [-0.15, -0.1) is 0 Å². The first kappa shape index (κ1) is 17.8. The Bertz CT molecular complexity index is 922. The fourth-order valence-corrected chi connectivity index (χ4v) is 2.90. The molecule has 136 valence electrons. The average molecular weight is 354 g/mol. The van der Waals surface area contributed by atoms with Gasteiger partial charge in [0.25, 0.3) is 0 Å². The number of methoxy groups -OCH3 is 1. The van der Waals surface area contributed by atoms with Crippen LogP contribution in [0.5, 0.6) is 0 Å². The topological polar surface area (TPSA) is 94.8 Å². The van der Waals surface area contributed by atoms with Crippen molar-refractivity contribution in [3.63, 3.8) is 0 Å². The summed E-state index contributed by atoms with van der Waals surface area (Å²) in [5, 5.41) is 8.46. The van der Waals surface area contributed by atoms with Gasteiger partial charge in [-0.05, 0) is 25.5 Å². The number of aryl methyl sites for hydroxylation is 2. The van der Waals surface area contributed by atoms with Crippen molar-refractivity contribution in [2.24, 2.45) is 7.05 Å². The average Bonchev–Trinajstić information content (AvgIpc) is 2.95. The van der Waals surface area contributed by atoms with Gasteiger partial charge in [-0.2, -0.15) is 5.10 Å². The number of ether oxygens (including phenoxy) is 1. The number of pyridine rings is 1. The normalized spacial score (nSPS) is 12.2. The number of rotatable bonds is 6. The third-order valence-electron chi connectivity index (χ3n) is 4.13. The number of aromatic nitrogens is 5. The fraction of sp³-hybridized carbons (Fsp3) is 0.389. The van der Waals surface area contributed by atoms with Crippen LogP contribution in [0.25, 0.3) is 22.6 Å². The van der Waals surface area contributed by atoms with E-state index >= 15 is 0 Å². The Labute approximate surface area is 151 Å². The molecule has 0 saturated carbocycles. The molecule has 0 amide bonds. The number of nitrogens with zero attached hydrogens (tertiary/aromatic N) is 5. The first-order valence-electron chi connectivity index (χ1n) is 8.52. The highest BCUT2D eigenvalue weighted by Crippen LogP contribution is 2.27. The number of hydrogen-bond donors (Lipinski definition) is 1. The van der Waals surface area contributed by atoms with Crippen LogP contribution in [0.4, 0.5) is 5.82 Å². The van der Waals surface area contributed by atoms with Crippen LogP contribution < -0.4 is 5.32 Å². The van der Waals surface area contributed by atoms with Crippen molar-refractivity contribution < 1.29 is 9.53 Å². The molecule has 3 aromatic heterocycles. The minimum atomic E-state index is -0.487. The smallest absolute Gasteiger partial charge is 0.328 e. The summed E-state index contributed by atoms with van der Waals surface area (Å²) in [6.45, 7) is 3.91. The summed E-state index contributed by atoms with van der Waals surface area (Å²) >= 11 is 0. The lowest BCUT2D eigenvalue weighted by Crippen LogP contribution is -2.31. The molecule has 3 aromatic rings. The van der Waals surface area contributed by atoms with Gasteiger partial charge < -0.3 is 10.1 Å². The third kappa shape index (κ3) is 3.35. The molecule has 0 aromatic carbocycles. The molecule has 3 heterocycles. The van der Waals surface area contributed by atoms with Crippen LogP contribution in [0.1, 0.15) is 25.5 Å². The van der Waals surface area contributed by atoms with Crippen LogP contribution in [0.3, 0.4) is 0 Å². The van der Waals surface area contributed by atoms with E-state index in [4.69, 9.17) is 4.74 Å². The molecule has 1 unspecified atom stereocenters. The van der Waals surface area contributed by atoms with E-state index in [0.717, 1.165) is 17.5 Å². The minimum absolute atomic E-state index is 0.320. The van der Waals surface area contributed by atoms with Gasteiger partial charge in [-0.25, -0.2) is 14.8 Å². The maximum atomic E-state index is 12.1. The standard InChI is InChI=1S/C18H22N6O2/c1-5-8-13(18(25)26-4)20-16-14-11(2)23-24(3)17(14)22-15(21-16)12-9-6-7-10-19-12/h6-7,9-10,13H,5,8H2,1-4H3,(H,20,21,22). The van der Waals surface area contributed by atoms with E-state index in [2.05, 4.69) is 25.4 Å². The molecule has 1 N–H and O–H groups in total. The lowest BCUT2D eigenvalue weighted by atomic mass is 10.1. The largest absolute Gasteiger partial charge is 0.467 e. The predicted molar refractivity (Wildman–Crippen MR) is 98.6 cm³/mol. The van der Waals surface area contributed by atoms with Crippen LogP contribution in [0.15, 0.2) is 24.4 Å². The second-order valence-corrected chi connectivity index (χ2v) is 6.03. The lowest BCUT2D eigenvalue weighted by molar-refractivity contribution is -0.141. The van der Waals surface area contributed by atoms with E-state index in [1.807, 2.05) is 39.1 Å². The van der Waals surface area contributed by atoms with Crippen LogP contribution in [-0.2, 0) is 16.6 Å². The Balaban J connectivity index is 2.14. The summed E-state index contributed by atoms with van der Waals surface area (Å²) in [5.41, 5.74) is 2.12. The summed E-state index contributed by atoms with van der Waals surface area (Å²) in [4.78, 5) is 25.7. The number of anilines is 1. The van der Waals surface area contributed by atoms with Crippen LogP contribution in [0, 0.1) is 6.92 Å². The summed E-state index contributed by atoms with van der Waals surface area (Å²) in [6, 6.07) is 5.08. The quantitative estimate of drug-likeness (QED) is 0.680. The van der Waals surface area contributed by atoms with Crippen molar-refractivity contribution in [3.05, 3.63) is 30.1 Å². The molecular formula is C18H22N6O2. The molecule has 0 aliphatic carbocycles. The van der Waals surface area contributed by atoms with Gasteiger partial charge in [0.1, 0.15) is 17.6 Å². The zero-order chi connectivity index (χ0) is 18.7. The zero-order valence-electron chi connectivity index (χ0n) is 15.4. The molecule has 0 bridgehead atoms. The highest BCUT2D eigenvalue weighted by molar-refractivity contribution is 5.92. The van der Waals surface area contributed by atoms with Crippen molar-refractivity contribution in [2.75, 3.05) is 12.4 Å². The van der Waals surface area contributed by atoms with Gasteiger partial charge in [-0.1, -0.05) is 19.4 Å². The predicted octanol–water partition coefficient (Wildman–Crippen LogP) is 2.49. The van der Waals surface area contributed by atoms with E-state index in [0.29, 0.717) is 29.4 Å². The minimum Gasteiger partial charge on any atom is -0.467 e. The highest BCUT2D eigenvalue weighted by Gasteiger charge is 2.23. The van der Waals surface area contributed by atoms with E-state index < -0.39 is 6.04 Å². The van der Waals surface area contributed by atoms with E-state index in [1.54, 1.807) is 10.9 Å². The molecule has 0 aliphatic rings. The molecular weight excluding hydrogens is 332 g/mol. The number of carbonyl (C=O) groups is 1. The molecule has 0 spiro atoms. The number of fused-ring (bicyclic) bond motifs is 1. The monoisotopic (exact) mass is 354 g/mol.